The Morgan fingerprint density at radius 3 is 2.71 bits per heavy atom. The molecule has 41 heavy (non-hydrogen) atoms. The molecule has 0 saturated heterocycles. The van der Waals surface area contributed by atoms with E-state index < -0.39 is 5.91 Å². The van der Waals surface area contributed by atoms with Gasteiger partial charge in [0.05, 0.1) is 32.1 Å². The van der Waals surface area contributed by atoms with E-state index in [0.29, 0.717) is 56.8 Å². The second kappa shape index (κ2) is 14.0. The van der Waals surface area contributed by atoms with Crippen LogP contribution in [0.1, 0.15) is 21.5 Å². The summed E-state index contributed by atoms with van der Waals surface area (Å²) in [4.78, 5) is 20.8. The minimum absolute atomic E-state index is 0.341. The summed E-state index contributed by atoms with van der Waals surface area (Å²) < 4.78 is 17.8. The molecule has 0 unspecified atom stereocenters. The minimum atomic E-state index is -0.569. The monoisotopic (exact) mass is 553 g/mol. The van der Waals surface area contributed by atoms with Gasteiger partial charge in [0.25, 0.3) is 5.91 Å². The summed E-state index contributed by atoms with van der Waals surface area (Å²) >= 11 is 0. The number of hydrogen-bond acceptors (Lipinski definition) is 9. The number of nitrogens with zero attached hydrogens (tertiary/aromatic N) is 2. The maximum atomic E-state index is 11.7. The van der Waals surface area contributed by atoms with Gasteiger partial charge in [0.15, 0.2) is 0 Å². The van der Waals surface area contributed by atoms with Crippen LogP contribution in [0.2, 0.25) is 0 Å². The molecule has 2 heterocycles. The summed E-state index contributed by atoms with van der Waals surface area (Å²) in [6.45, 7) is 2.62. The summed E-state index contributed by atoms with van der Waals surface area (Å²) in [6, 6.07) is 22.6. The first-order valence-corrected chi connectivity index (χ1v) is 13.2. The van der Waals surface area contributed by atoms with E-state index in [9.17, 15) is 4.79 Å². The van der Waals surface area contributed by atoms with E-state index >= 15 is 0 Å². The number of carbonyl (C=O) groups excluding carboxylic acids is 1. The van der Waals surface area contributed by atoms with Gasteiger partial charge in [-0.2, -0.15) is 0 Å². The molecule has 0 saturated carbocycles. The lowest BCUT2D eigenvalue weighted by Crippen LogP contribution is -2.19. The molecular formula is C31H31N5O5. The van der Waals surface area contributed by atoms with Crippen LogP contribution < -0.4 is 20.9 Å². The number of nitrogens with one attached hydrogen (secondary N) is 3. The Labute approximate surface area is 238 Å². The number of hydrogen-bond donors (Lipinski definition) is 4. The fourth-order valence-corrected chi connectivity index (χ4v) is 4.25. The molecule has 3 aromatic carbocycles. The van der Waals surface area contributed by atoms with Gasteiger partial charge in [0, 0.05) is 40.8 Å². The van der Waals surface area contributed by atoms with Crippen LogP contribution in [-0.4, -0.2) is 47.4 Å². The smallest absolute Gasteiger partial charge is 0.274 e. The molecule has 4 N–H and O–H groups in total. The Morgan fingerprint density at radius 1 is 0.976 bits per heavy atom. The van der Waals surface area contributed by atoms with Gasteiger partial charge in [0.1, 0.15) is 12.4 Å². The van der Waals surface area contributed by atoms with Crippen LogP contribution in [0, 0.1) is 0 Å². The summed E-state index contributed by atoms with van der Waals surface area (Å²) in [6.07, 6.45) is 5.62. The van der Waals surface area contributed by atoms with E-state index in [-0.39, 0.29) is 0 Å². The number of ether oxygens (including phenoxy) is 3. The number of fused-ring (bicyclic) bond motifs is 7. The summed E-state index contributed by atoms with van der Waals surface area (Å²) in [7, 11) is 0. The number of amides is 1. The number of hydroxylamine groups is 1. The summed E-state index contributed by atoms with van der Waals surface area (Å²) in [5.74, 6) is 0.606. The van der Waals surface area contributed by atoms with E-state index in [4.69, 9.17) is 24.4 Å². The zero-order valence-corrected chi connectivity index (χ0v) is 22.4. The predicted molar refractivity (Wildman–Crippen MR) is 155 cm³/mol. The van der Waals surface area contributed by atoms with E-state index in [1.54, 1.807) is 29.9 Å². The van der Waals surface area contributed by atoms with E-state index in [1.165, 1.54) is 0 Å². The Kier molecular flexibility index (Phi) is 9.51. The normalized spacial score (nSPS) is 14.1. The Balaban J connectivity index is 1.29. The topological polar surface area (TPSA) is 127 Å². The summed E-state index contributed by atoms with van der Waals surface area (Å²) in [5.41, 5.74) is 7.27. The second-order valence-electron chi connectivity index (χ2n) is 9.21. The van der Waals surface area contributed by atoms with Crippen LogP contribution in [0.5, 0.6) is 5.75 Å². The highest BCUT2D eigenvalue weighted by atomic mass is 16.5. The lowest BCUT2D eigenvalue weighted by molar-refractivity contribution is 0.0706. The lowest BCUT2D eigenvalue weighted by atomic mass is 10.1. The highest BCUT2D eigenvalue weighted by molar-refractivity contribution is 5.94. The predicted octanol–water partition coefficient (Wildman–Crippen LogP) is 5.10. The van der Waals surface area contributed by atoms with Gasteiger partial charge in [-0.25, -0.2) is 15.4 Å². The number of aromatic nitrogens is 2. The van der Waals surface area contributed by atoms with Crippen molar-refractivity contribution in [1.82, 2.24) is 15.4 Å². The van der Waals surface area contributed by atoms with E-state index in [0.717, 1.165) is 33.8 Å². The quantitative estimate of drug-likeness (QED) is 0.112. The average molecular weight is 554 g/mol. The average Bonchev–Trinajstić information content (AvgIpc) is 3.01. The van der Waals surface area contributed by atoms with Crippen molar-refractivity contribution < 1.29 is 24.2 Å². The Bertz CT molecular complexity index is 1510. The second-order valence-corrected chi connectivity index (χ2v) is 9.21. The molecule has 6 bridgehead atoms. The fraction of sp³-hybridized carbons (Fsp3) is 0.194. The SMILES string of the molecule is O=C(NO)c1cccc(NCCOc2ccc3cc2COC/C=C/COCc2cccc(c2)-c2ccnc(n2)N3)c1. The lowest BCUT2D eigenvalue weighted by Gasteiger charge is -2.15. The van der Waals surface area contributed by atoms with Crippen molar-refractivity contribution in [2.24, 2.45) is 0 Å². The fourth-order valence-electron chi connectivity index (χ4n) is 4.25. The first-order chi connectivity index (χ1) is 20.2. The molecule has 1 aliphatic heterocycles. The van der Waals surface area contributed by atoms with Crippen molar-refractivity contribution in [3.8, 4) is 17.0 Å². The molecule has 1 aliphatic rings. The molecule has 0 atom stereocenters. The van der Waals surface area contributed by atoms with Crippen molar-refractivity contribution in [3.05, 3.63) is 108 Å². The van der Waals surface area contributed by atoms with Gasteiger partial charge >= 0.3 is 0 Å². The molecule has 0 radical (unpaired) electrons. The molecule has 10 nitrogen and oxygen atoms in total. The molecule has 1 aromatic heterocycles. The van der Waals surface area contributed by atoms with E-state index in [2.05, 4.69) is 21.7 Å². The first-order valence-electron chi connectivity index (χ1n) is 13.2. The largest absolute Gasteiger partial charge is 0.491 e. The van der Waals surface area contributed by atoms with Crippen LogP contribution in [0.25, 0.3) is 11.3 Å². The van der Waals surface area contributed by atoms with Gasteiger partial charge in [-0.3, -0.25) is 10.0 Å². The number of carbonyl (C=O) groups is 1. The first kappa shape index (κ1) is 27.8. The number of rotatable bonds is 6. The van der Waals surface area contributed by atoms with Crippen molar-refractivity contribution in [3.63, 3.8) is 0 Å². The highest BCUT2D eigenvalue weighted by Crippen LogP contribution is 2.26. The minimum Gasteiger partial charge on any atom is -0.491 e. The molecule has 0 fully saturated rings. The zero-order valence-electron chi connectivity index (χ0n) is 22.4. The van der Waals surface area contributed by atoms with Crippen LogP contribution in [0.4, 0.5) is 17.3 Å². The van der Waals surface area contributed by atoms with Gasteiger partial charge in [-0.15, -0.1) is 0 Å². The number of anilines is 3. The van der Waals surface area contributed by atoms with Crippen molar-refractivity contribution >= 4 is 23.2 Å². The van der Waals surface area contributed by atoms with Crippen LogP contribution >= 0.6 is 0 Å². The third-order valence-electron chi connectivity index (χ3n) is 6.23. The third kappa shape index (κ3) is 7.89. The van der Waals surface area contributed by atoms with Crippen molar-refractivity contribution in [1.29, 1.82) is 0 Å². The maximum absolute atomic E-state index is 11.7. The molecule has 4 aromatic rings. The molecular weight excluding hydrogens is 522 g/mol. The summed E-state index contributed by atoms with van der Waals surface area (Å²) in [5, 5.41) is 15.4. The van der Waals surface area contributed by atoms with Gasteiger partial charge in [-0.05, 0) is 54.1 Å². The molecule has 1 amide bonds. The van der Waals surface area contributed by atoms with Gasteiger partial charge in [0.2, 0.25) is 5.95 Å². The standard InChI is InChI=1S/C31H31N5O5/c37-30(36-38)24-7-4-8-26(18-24)32-13-16-41-29-10-9-27-19-25(29)21-40-15-2-1-14-39-20-22-5-3-6-23(17-22)28-11-12-33-31(34-27)35-28/h1-12,17-19,32,38H,13-16,20-21H2,(H,36,37)(H,33,34,35)/b2-1+. The zero-order chi connectivity index (χ0) is 28.3. The van der Waals surface area contributed by atoms with Crippen molar-refractivity contribution in [2.75, 3.05) is 37.0 Å². The molecule has 10 heteroatoms. The van der Waals surface area contributed by atoms with E-state index in [1.807, 2.05) is 60.7 Å². The molecule has 5 rings (SSSR count). The van der Waals surface area contributed by atoms with Gasteiger partial charge < -0.3 is 24.8 Å². The molecule has 0 aliphatic carbocycles. The van der Waals surface area contributed by atoms with Gasteiger partial charge in [-0.1, -0.05) is 36.4 Å². The van der Waals surface area contributed by atoms with Crippen LogP contribution in [0.15, 0.2) is 91.1 Å². The number of benzene rings is 3. The third-order valence-corrected chi connectivity index (χ3v) is 6.23. The Morgan fingerprint density at radius 2 is 1.83 bits per heavy atom. The Hall–Kier alpha value is -4.77. The van der Waals surface area contributed by atoms with Crippen molar-refractivity contribution in [2.45, 2.75) is 13.2 Å². The maximum Gasteiger partial charge on any atom is 0.274 e. The van der Waals surface area contributed by atoms with Crippen LogP contribution in [0.3, 0.4) is 0 Å². The highest BCUT2D eigenvalue weighted by Gasteiger charge is 2.10. The van der Waals surface area contributed by atoms with Crippen LogP contribution in [-0.2, 0) is 22.7 Å². The molecule has 0 spiro atoms. The molecule has 210 valence electrons.